The normalized spacial score (nSPS) is 23.1. The van der Waals surface area contributed by atoms with Crippen LogP contribution in [0.5, 0.6) is 0 Å². The van der Waals surface area contributed by atoms with Crippen molar-refractivity contribution in [3.8, 4) is 0 Å². The third kappa shape index (κ3) is 2.60. The summed E-state index contributed by atoms with van der Waals surface area (Å²) in [6.07, 6.45) is 3.41. The Hall–Kier alpha value is -1.33. The van der Waals surface area contributed by atoms with Gasteiger partial charge in [0.1, 0.15) is 0 Å². The molecule has 1 aliphatic rings. The van der Waals surface area contributed by atoms with Crippen LogP contribution in [0.15, 0.2) is 23.1 Å². The van der Waals surface area contributed by atoms with E-state index in [9.17, 15) is 8.42 Å². The highest BCUT2D eigenvalue weighted by Gasteiger charge is 2.25. The lowest BCUT2D eigenvalue weighted by atomic mass is 10.0. The third-order valence-corrected chi connectivity index (χ3v) is 5.46. The highest BCUT2D eigenvalue weighted by Crippen LogP contribution is 2.31. The molecular formula is C16H22N2O2S. The minimum atomic E-state index is -3.36. The number of rotatable bonds is 3. The zero-order valence-electron chi connectivity index (χ0n) is 15.3. The van der Waals surface area contributed by atoms with Gasteiger partial charge in [-0.05, 0) is 57.4 Å². The van der Waals surface area contributed by atoms with Crippen LogP contribution in [0.1, 0.15) is 28.2 Å². The number of H-pyrrole nitrogens is 1. The van der Waals surface area contributed by atoms with Crippen LogP contribution in [-0.4, -0.2) is 44.1 Å². The molecule has 5 heteroatoms. The van der Waals surface area contributed by atoms with Crippen molar-refractivity contribution in [3.05, 3.63) is 29.5 Å². The van der Waals surface area contributed by atoms with Crippen LogP contribution in [0.4, 0.5) is 0 Å². The molecule has 0 unspecified atom stereocenters. The molecule has 0 radical (unpaired) electrons. The molecule has 1 aromatic heterocycles. The second kappa shape index (κ2) is 5.14. The smallest absolute Gasteiger partial charge is 0.176 e. The molecule has 1 aromatic carbocycles. The van der Waals surface area contributed by atoms with E-state index in [1.807, 2.05) is 13.0 Å². The van der Waals surface area contributed by atoms with Crippen LogP contribution in [0, 0.1) is 6.92 Å². The van der Waals surface area contributed by atoms with Crippen molar-refractivity contribution in [1.29, 1.82) is 0 Å². The molecule has 1 N–H and O–H groups in total. The molecule has 2 heterocycles. The number of sulfone groups is 1. The van der Waals surface area contributed by atoms with Crippen molar-refractivity contribution >= 4 is 20.7 Å². The van der Waals surface area contributed by atoms with Crippen molar-refractivity contribution in [1.82, 2.24) is 9.88 Å². The molecule has 1 atom stereocenters. The van der Waals surface area contributed by atoms with Crippen molar-refractivity contribution in [2.75, 3.05) is 19.8 Å². The van der Waals surface area contributed by atoms with Gasteiger partial charge in [0.2, 0.25) is 0 Å². The molecule has 0 bridgehead atoms. The first-order valence-corrected chi connectivity index (χ1v) is 9.05. The summed E-state index contributed by atoms with van der Waals surface area (Å²) in [5.41, 5.74) is 2.59. The molecule has 1 aliphatic heterocycles. The van der Waals surface area contributed by atoms with Gasteiger partial charge in [-0.3, -0.25) is 0 Å². The Morgan fingerprint density at radius 1 is 1.48 bits per heavy atom. The standard InChI is InChI=1S/C16H22N2O2S/c1-11-13(10-12-6-5-9-18(12)2)16-14(17-11)7-4-8-15(16)21(3,19)20/h4,7-8,12,17H,5-6,9-10H2,1-3H3/t12-/m1/s1/i2D3. The van der Waals surface area contributed by atoms with Gasteiger partial charge in [-0.15, -0.1) is 0 Å². The Labute approximate surface area is 130 Å². The Balaban J connectivity index is 2.09. The summed E-state index contributed by atoms with van der Waals surface area (Å²) in [6.45, 7) is 0.359. The van der Waals surface area contributed by atoms with E-state index >= 15 is 0 Å². The molecule has 0 spiro atoms. The fourth-order valence-corrected chi connectivity index (χ4v) is 4.19. The maximum absolute atomic E-state index is 12.2. The molecule has 0 amide bonds. The predicted octanol–water partition coefficient (Wildman–Crippen LogP) is 2.52. The first kappa shape index (κ1) is 11.3. The molecule has 3 rings (SSSR count). The van der Waals surface area contributed by atoms with Gasteiger partial charge < -0.3 is 9.88 Å². The molecule has 21 heavy (non-hydrogen) atoms. The minimum Gasteiger partial charge on any atom is -0.358 e. The van der Waals surface area contributed by atoms with Crippen LogP contribution < -0.4 is 0 Å². The summed E-state index contributed by atoms with van der Waals surface area (Å²) < 4.78 is 47.4. The first-order chi connectivity index (χ1) is 11.1. The van der Waals surface area contributed by atoms with Crippen molar-refractivity contribution < 1.29 is 12.5 Å². The monoisotopic (exact) mass is 309 g/mol. The van der Waals surface area contributed by atoms with E-state index in [-0.39, 0.29) is 6.04 Å². The topological polar surface area (TPSA) is 53.2 Å². The minimum absolute atomic E-state index is 0.0946. The van der Waals surface area contributed by atoms with Gasteiger partial charge in [0.25, 0.3) is 0 Å². The van der Waals surface area contributed by atoms with Crippen molar-refractivity contribution in [3.63, 3.8) is 0 Å². The second-order valence-corrected chi connectivity index (χ2v) is 7.86. The molecule has 0 saturated carbocycles. The van der Waals surface area contributed by atoms with E-state index < -0.39 is 16.8 Å². The van der Waals surface area contributed by atoms with Gasteiger partial charge in [-0.1, -0.05) is 6.07 Å². The first-order valence-electron chi connectivity index (χ1n) is 8.66. The number of aromatic amines is 1. The molecule has 1 saturated heterocycles. The Morgan fingerprint density at radius 3 is 3.00 bits per heavy atom. The molecule has 4 nitrogen and oxygen atoms in total. The van der Waals surface area contributed by atoms with Gasteiger partial charge >= 0.3 is 0 Å². The summed E-state index contributed by atoms with van der Waals surface area (Å²) in [4.78, 5) is 5.11. The van der Waals surface area contributed by atoms with E-state index in [0.717, 1.165) is 29.6 Å². The van der Waals surface area contributed by atoms with Crippen LogP contribution >= 0.6 is 0 Å². The number of likely N-dealkylation sites (tertiary alicyclic amines) is 1. The number of nitrogens with zero attached hydrogens (tertiary/aromatic N) is 1. The van der Waals surface area contributed by atoms with Gasteiger partial charge in [-0.2, -0.15) is 0 Å². The van der Waals surface area contributed by atoms with Crippen LogP contribution in [-0.2, 0) is 16.3 Å². The lowest BCUT2D eigenvalue weighted by Gasteiger charge is -2.19. The lowest BCUT2D eigenvalue weighted by molar-refractivity contribution is 0.309. The van der Waals surface area contributed by atoms with Crippen molar-refractivity contribution in [2.45, 2.75) is 37.1 Å². The molecular weight excluding hydrogens is 284 g/mol. The summed E-state index contributed by atoms with van der Waals surface area (Å²) >= 11 is 0. The van der Waals surface area contributed by atoms with Crippen LogP contribution in [0.25, 0.3) is 10.9 Å². The van der Waals surface area contributed by atoms with Gasteiger partial charge in [-0.25, -0.2) is 8.42 Å². The third-order valence-electron chi connectivity index (χ3n) is 4.32. The fourth-order valence-electron chi connectivity index (χ4n) is 3.26. The van der Waals surface area contributed by atoms with Crippen LogP contribution in [0.2, 0.25) is 0 Å². The zero-order chi connectivity index (χ0) is 17.7. The van der Waals surface area contributed by atoms with Gasteiger partial charge in [0, 0.05) is 33.0 Å². The number of benzene rings is 1. The Bertz CT molecular complexity index is 871. The van der Waals surface area contributed by atoms with E-state index in [4.69, 9.17) is 4.11 Å². The predicted molar refractivity (Wildman–Crippen MR) is 85.5 cm³/mol. The molecule has 2 aromatic rings. The number of hydrogen-bond donors (Lipinski definition) is 1. The van der Waals surface area contributed by atoms with Gasteiger partial charge in [0.05, 0.1) is 4.90 Å². The largest absolute Gasteiger partial charge is 0.358 e. The number of aryl methyl sites for hydroxylation is 1. The number of nitrogens with one attached hydrogen (secondary N) is 1. The highest BCUT2D eigenvalue weighted by atomic mass is 32.2. The summed E-state index contributed by atoms with van der Waals surface area (Å²) in [6, 6.07) is 5.10. The number of likely N-dealkylation sites (N-methyl/N-ethyl adjacent to an activating group) is 1. The quantitative estimate of drug-likeness (QED) is 0.948. The number of aromatic nitrogens is 1. The average molecular weight is 309 g/mol. The summed E-state index contributed by atoms with van der Waals surface area (Å²) in [5, 5.41) is 0.704. The zero-order valence-corrected chi connectivity index (χ0v) is 13.1. The maximum Gasteiger partial charge on any atom is 0.176 e. The van der Waals surface area contributed by atoms with E-state index in [1.54, 1.807) is 17.0 Å². The van der Waals surface area contributed by atoms with Gasteiger partial charge in [0.15, 0.2) is 9.84 Å². The lowest BCUT2D eigenvalue weighted by Crippen LogP contribution is -2.27. The van der Waals surface area contributed by atoms with E-state index in [2.05, 4.69) is 4.98 Å². The maximum atomic E-state index is 12.2. The highest BCUT2D eigenvalue weighted by molar-refractivity contribution is 7.91. The Kier molecular flexibility index (Phi) is 2.76. The molecule has 1 fully saturated rings. The summed E-state index contributed by atoms with van der Waals surface area (Å²) in [7, 11) is -3.36. The summed E-state index contributed by atoms with van der Waals surface area (Å²) in [5.74, 6) is 0. The second-order valence-electron chi connectivity index (χ2n) is 5.87. The molecule has 114 valence electrons. The number of hydrogen-bond acceptors (Lipinski definition) is 3. The van der Waals surface area contributed by atoms with Crippen molar-refractivity contribution in [2.24, 2.45) is 0 Å². The van der Waals surface area contributed by atoms with E-state index in [0.29, 0.717) is 23.2 Å². The fraction of sp³-hybridized carbons (Fsp3) is 0.500. The SMILES string of the molecule is [2H]C([2H])([2H])N1CCC[C@@H]1Cc1c(C)[nH]c2cccc(S(C)(=O)=O)c12. The van der Waals surface area contributed by atoms with Crippen LogP contribution in [0.3, 0.4) is 0 Å². The average Bonchev–Trinajstić information content (AvgIpc) is 3.03. The Morgan fingerprint density at radius 2 is 2.29 bits per heavy atom. The molecule has 0 aliphatic carbocycles. The van der Waals surface area contributed by atoms with E-state index in [1.165, 1.54) is 6.26 Å². The number of fused-ring (bicyclic) bond motifs is 1.